The number of hydrogen-bond donors (Lipinski definition) is 1. The number of hydrogen-bond acceptors (Lipinski definition) is 3. The van der Waals surface area contributed by atoms with Crippen LogP contribution < -0.4 is 5.32 Å². The fourth-order valence-electron chi connectivity index (χ4n) is 3.60. The van der Waals surface area contributed by atoms with Gasteiger partial charge in [0.05, 0.1) is 12.1 Å². The quantitative estimate of drug-likeness (QED) is 0.784. The maximum Gasteiger partial charge on any atom is 0.239 e. The van der Waals surface area contributed by atoms with E-state index in [0.29, 0.717) is 23.8 Å². The van der Waals surface area contributed by atoms with E-state index in [1.807, 2.05) is 0 Å². The third-order valence-electron chi connectivity index (χ3n) is 4.47. The van der Waals surface area contributed by atoms with E-state index >= 15 is 0 Å². The molecule has 0 radical (unpaired) electrons. The van der Waals surface area contributed by atoms with Gasteiger partial charge in [-0.1, -0.05) is 0 Å². The SMILES string of the molecule is CCOC1[C@H]2C[C@H]1CN(C(=O)[C@@H]1CCCN1)C2. The zero-order valence-corrected chi connectivity index (χ0v) is 10.5. The number of ether oxygens (including phenoxy) is 1. The topological polar surface area (TPSA) is 41.6 Å². The van der Waals surface area contributed by atoms with Crippen molar-refractivity contribution in [3.63, 3.8) is 0 Å². The number of fused-ring (bicyclic) bond motifs is 2. The molecule has 1 N–H and O–H groups in total. The van der Waals surface area contributed by atoms with Crippen LogP contribution in [0.2, 0.25) is 0 Å². The summed E-state index contributed by atoms with van der Waals surface area (Å²) in [5, 5.41) is 3.30. The molecule has 1 aliphatic carbocycles. The number of carbonyl (C=O) groups excluding carboxylic acids is 1. The van der Waals surface area contributed by atoms with Gasteiger partial charge in [-0.25, -0.2) is 0 Å². The second-order valence-electron chi connectivity index (χ2n) is 5.57. The number of amides is 1. The minimum absolute atomic E-state index is 0.0954. The van der Waals surface area contributed by atoms with Crippen molar-refractivity contribution in [3.05, 3.63) is 0 Å². The first-order valence-corrected chi connectivity index (χ1v) is 6.93. The maximum absolute atomic E-state index is 12.3. The molecule has 3 aliphatic heterocycles. The molecule has 0 spiro atoms. The van der Waals surface area contributed by atoms with E-state index in [0.717, 1.165) is 39.1 Å². The third-order valence-corrected chi connectivity index (χ3v) is 4.47. The lowest BCUT2D eigenvalue weighted by atomic mass is 9.68. The molecule has 2 bridgehead atoms. The van der Waals surface area contributed by atoms with Gasteiger partial charge in [-0.15, -0.1) is 0 Å². The normalized spacial score (nSPS) is 40.2. The van der Waals surface area contributed by atoms with E-state index in [2.05, 4.69) is 17.1 Å². The van der Waals surface area contributed by atoms with Gasteiger partial charge in [-0.3, -0.25) is 4.79 Å². The van der Waals surface area contributed by atoms with Crippen LogP contribution in [0.5, 0.6) is 0 Å². The van der Waals surface area contributed by atoms with Crippen LogP contribution in [-0.2, 0) is 9.53 Å². The standard InChI is InChI=1S/C13H22N2O2/c1-2-17-12-9-6-10(12)8-15(7-9)13(16)11-4-3-5-14-11/h9-12,14H,2-8H2,1H3/t9-,10-,11-/m0/s1. The van der Waals surface area contributed by atoms with Crippen LogP contribution in [0.3, 0.4) is 0 Å². The molecule has 0 unspecified atom stereocenters. The van der Waals surface area contributed by atoms with Crippen molar-refractivity contribution in [2.24, 2.45) is 11.8 Å². The molecule has 4 nitrogen and oxygen atoms in total. The molecule has 4 heteroatoms. The number of rotatable bonds is 3. The molecule has 3 atom stereocenters. The molecule has 0 aromatic carbocycles. The van der Waals surface area contributed by atoms with Crippen LogP contribution in [0.1, 0.15) is 26.2 Å². The van der Waals surface area contributed by atoms with Crippen LogP contribution in [0.25, 0.3) is 0 Å². The molecule has 96 valence electrons. The van der Waals surface area contributed by atoms with Crippen molar-refractivity contribution in [2.75, 3.05) is 26.2 Å². The van der Waals surface area contributed by atoms with Gasteiger partial charge in [0, 0.05) is 31.5 Å². The molecule has 17 heavy (non-hydrogen) atoms. The summed E-state index contributed by atoms with van der Waals surface area (Å²) in [5.74, 6) is 1.52. The number of piperidine rings is 2. The van der Waals surface area contributed by atoms with Gasteiger partial charge in [0.15, 0.2) is 0 Å². The minimum Gasteiger partial charge on any atom is -0.378 e. The Bertz CT molecular complexity index is 290. The average Bonchev–Trinajstić information content (AvgIpc) is 2.89. The second kappa shape index (κ2) is 4.58. The van der Waals surface area contributed by atoms with Gasteiger partial charge in [0.25, 0.3) is 0 Å². The molecule has 4 rings (SSSR count). The predicted octanol–water partition coefficient (Wildman–Crippen LogP) is 0.622. The molecule has 0 aromatic heterocycles. The Kier molecular flexibility index (Phi) is 3.09. The highest BCUT2D eigenvalue weighted by molar-refractivity contribution is 5.82. The largest absolute Gasteiger partial charge is 0.378 e. The Labute approximate surface area is 103 Å². The van der Waals surface area contributed by atoms with Crippen LogP contribution in [0, 0.1) is 11.8 Å². The Morgan fingerprint density at radius 3 is 2.76 bits per heavy atom. The van der Waals surface area contributed by atoms with Crippen molar-refractivity contribution in [1.29, 1.82) is 0 Å². The van der Waals surface area contributed by atoms with Crippen molar-refractivity contribution in [2.45, 2.75) is 38.3 Å². The Morgan fingerprint density at radius 1 is 1.41 bits per heavy atom. The lowest BCUT2D eigenvalue weighted by Crippen LogP contribution is -2.62. The van der Waals surface area contributed by atoms with E-state index in [1.165, 1.54) is 6.42 Å². The van der Waals surface area contributed by atoms with Crippen molar-refractivity contribution < 1.29 is 9.53 Å². The van der Waals surface area contributed by atoms with Gasteiger partial charge in [0.2, 0.25) is 5.91 Å². The van der Waals surface area contributed by atoms with Crippen molar-refractivity contribution >= 4 is 5.91 Å². The van der Waals surface area contributed by atoms with E-state index in [-0.39, 0.29) is 6.04 Å². The minimum atomic E-state index is 0.0954. The average molecular weight is 238 g/mol. The smallest absolute Gasteiger partial charge is 0.239 e. The maximum atomic E-state index is 12.3. The second-order valence-corrected chi connectivity index (χ2v) is 5.57. The Balaban J connectivity index is 1.56. The fourth-order valence-corrected chi connectivity index (χ4v) is 3.60. The van der Waals surface area contributed by atoms with Gasteiger partial charge in [-0.2, -0.15) is 0 Å². The van der Waals surface area contributed by atoms with E-state index in [9.17, 15) is 4.79 Å². The predicted molar refractivity (Wildman–Crippen MR) is 64.6 cm³/mol. The summed E-state index contributed by atoms with van der Waals surface area (Å²) in [6.45, 7) is 5.68. The summed E-state index contributed by atoms with van der Waals surface area (Å²) < 4.78 is 5.74. The van der Waals surface area contributed by atoms with Crippen LogP contribution >= 0.6 is 0 Å². The Hall–Kier alpha value is -0.610. The molecule has 4 aliphatic rings. The highest BCUT2D eigenvalue weighted by Crippen LogP contribution is 2.42. The van der Waals surface area contributed by atoms with E-state index in [4.69, 9.17) is 4.74 Å². The van der Waals surface area contributed by atoms with Gasteiger partial charge in [-0.05, 0) is 32.7 Å². The number of nitrogens with one attached hydrogen (secondary N) is 1. The molecule has 4 fully saturated rings. The van der Waals surface area contributed by atoms with Gasteiger partial charge >= 0.3 is 0 Å². The highest BCUT2D eigenvalue weighted by Gasteiger charge is 2.49. The summed E-state index contributed by atoms with van der Waals surface area (Å²) in [6, 6.07) is 0.0954. The first-order valence-electron chi connectivity index (χ1n) is 6.93. The van der Waals surface area contributed by atoms with Gasteiger partial charge < -0.3 is 15.0 Å². The first kappa shape index (κ1) is 11.5. The van der Waals surface area contributed by atoms with E-state index < -0.39 is 0 Å². The zero-order valence-electron chi connectivity index (χ0n) is 10.5. The molecule has 0 aromatic rings. The van der Waals surface area contributed by atoms with Crippen molar-refractivity contribution in [1.82, 2.24) is 10.2 Å². The molecule has 3 heterocycles. The van der Waals surface area contributed by atoms with Crippen LogP contribution in [0.15, 0.2) is 0 Å². The van der Waals surface area contributed by atoms with Crippen LogP contribution in [-0.4, -0.2) is 49.2 Å². The zero-order chi connectivity index (χ0) is 11.8. The lowest BCUT2D eigenvalue weighted by molar-refractivity contribution is -0.162. The summed E-state index contributed by atoms with van der Waals surface area (Å²) in [5.41, 5.74) is 0. The summed E-state index contributed by atoms with van der Waals surface area (Å²) in [6.07, 6.45) is 3.84. The molecular formula is C13H22N2O2. The highest BCUT2D eigenvalue weighted by atomic mass is 16.5. The summed E-state index contributed by atoms with van der Waals surface area (Å²) in [4.78, 5) is 14.3. The van der Waals surface area contributed by atoms with E-state index in [1.54, 1.807) is 0 Å². The molecule has 1 amide bonds. The molecule has 1 saturated carbocycles. The Morgan fingerprint density at radius 2 is 2.18 bits per heavy atom. The van der Waals surface area contributed by atoms with Crippen molar-refractivity contribution in [3.8, 4) is 0 Å². The summed E-state index contributed by atoms with van der Waals surface area (Å²) in [7, 11) is 0. The lowest BCUT2D eigenvalue weighted by Gasteiger charge is -2.53. The molecular weight excluding hydrogens is 216 g/mol. The van der Waals surface area contributed by atoms with Gasteiger partial charge in [0.1, 0.15) is 0 Å². The number of carbonyl (C=O) groups is 1. The first-order chi connectivity index (χ1) is 8.29. The third kappa shape index (κ3) is 1.97. The summed E-state index contributed by atoms with van der Waals surface area (Å²) >= 11 is 0. The monoisotopic (exact) mass is 238 g/mol. The molecule has 3 saturated heterocycles. The number of nitrogens with zero attached hydrogens (tertiary/aromatic N) is 1. The fraction of sp³-hybridized carbons (Fsp3) is 0.923. The van der Waals surface area contributed by atoms with Crippen LogP contribution in [0.4, 0.5) is 0 Å².